The molecular formula is C15H13F3O2. The highest BCUT2D eigenvalue weighted by molar-refractivity contribution is 5.93. The van der Waals surface area contributed by atoms with Crippen LogP contribution >= 0.6 is 0 Å². The molecule has 0 aliphatic rings. The summed E-state index contributed by atoms with van der Waals surface area (Å²) in [6.07, 6.45) is -4.12. The molecule has 0 aliphatic carbocycles. The van der Waals surface area contributed by atoms with E-state index in [1.165, 1.54) is 18.2 Å². The Balaban J connectivity index is 2.47. The summed E-state index contributed by atoms with van der Waals surface area (Å²) in [7, 11) is 0. The first-order chi connectivity index (χ1) is 9.32. The average Bonchev–Trinajstić information content (AvgIpc) is 2.86. The first-order valence-electron chi connectivity index (χ1n) is 6.14. The molecule has 1 aromatic carbocycles. The quantitative estimate of drug-likeness (QED) is 0.752. The van der Waals surface area contributed by atoms with E-state index in [2.05, 4.69) is 0 Å². The van der Waals surface area contributed by atoms with Crippen molar-refractivity contribution in [3.63, 3.8) is 0 Å². The minimum Gasteiger partial charge on any atom is -0.453 e. The number of carbonyl (C=O) groups excluding carboxylic acids is 1. The molecule has 0 fully saturated rings. The van der Waals surface area contributed by atoms with Crippen molar-refractivity contribution in [2.24, 2.45) is 0 Å². The molecule has 0 aliphatic heterocycles. The van der Waals surface area contributed by atoms with E-state index < -0.39 is 11.7 Å². The van der Waals surface area contributed by atoms with E-state index >= 15 is 0 Å². The minimum absolute atomic E-state index is 0.166. The number of aryl methyl sites for hydroxylation is 1. The zero-order chi connectivity index (χ0) is 14.9. The lowest BCUT2D eigenvalue weighted by Crippen LogP contribution is -2.05. The molecule has 5 heteroatoms. The monoisotopic (exact) mass is 282 g/mol. The van der Waals surface area contributed by atoms with Crippen LogP contribution < -0.4 is 0 Å². The standard InChI is InChI=1S/C15H13F3O2/c1-3-12(19)14-7-6-13(20-14)11-8-10(15(16,17)18)5-4-9(11)2/h4-8H,3H2,1-2H3. The molecule has 1 heterocycles. The van der Waals surface area contributed by atoms with Crippen molar-refractivity contribution in [2.75, 3.05) is 0 Å². The van der Waals surface area contributed by atoms with Crippen molar-refractivity contribution in [2.45, 2.75) is 26.4 Å². The van der Waals surface area contributed by atoms with Gasteiger partial charge in [-0.15, -0.1) is 0 Å². The Labute approximate surface area is 114 Å². The fourth-order valence-corrected chi connectivity index (χ4v) is 1.87. The average molecular weight is 282 g/mol. The Hall–Kier alpha value is -2.04. The number of hydrogen-bond donors (Lipinski definition) is 0. The lowest BCUT2D eigenvalue weighted by Gasteiger charge is -2.09. The molecule has 0 amide bonds. The predicted molar refractivity (Wildman–Crippen MR) is 68.5 cm³/mol. The second-order valence-electron chi connectivity index (χ2n) is 4.47. The van der Waals surface area contributed by atoms with Gasteiger partial charge in [-0.1, -0.05) is 13.0 Å². The van der Waals surface area contributed by atoms with Gasteiger partial charge in [0, 0.05) is 12.0 Å². The molecule has 0 N–H and O–H groups in total. The number of halogens is 3. The largest absolute Gasteiger partial charge is 0.453 e. The number of ketones is 1. The van der Waals surface area contributed by atoms with Crippen molar-refractivity contribution in [3.05, 3.63) is 47.2 Å². The summed E-state index contributed by atoms with van der Waals surface area (Å²) in [5.74, 6) is 0.255. The van der Waals surface area contributed by atoms with Crippen molar-refractivity contribution in [3.8, 4) is 11.3 Å². The second-order valence-corrected chi connectivity index (χ2v) is 4.47. The summed E-state index contributed by atoms with van der Waals surface area (Å²) in [5, 5.41) is 0. The van der Waals surface area contributed by atoms with Gasteiger partial charge in [0.05, 0.1) is 5.56 Å². The second kappa shape index (κ2) is 5.15. The summed E-state index contributed by atoms with van der Waals surface area (Å²) < 4.78 is 43.5. The first-order valence-corrected chi connectivity index (χ1v) is 6.14. The first kappa shape index (κ1) is 14.4. The molecule has 0 spiro atoms. The predicted octanol–water partition coefficient (Wildman–Crippen LogP) is 4.87. The van der Waals surface area contributed by atoms with E-state index in [0.717, 1.165) is 12.1 Å². The van der Waals surface area contributed by atoms with Crippen LogP contribution in [0.25, 0.3) is 11.3 Å². The third kappa shape index (κ3) is 2.76. The van der Waals surface area contributed by atoms with Crippen LogP contribution in [-0.2, 0) is 6.18 Å². The van der Waals surface area contributed by atoms with Gasteiger partial charge in [-0.2, -0.15) is 13.2 Å². The van der Waals surface area contributed by atoms with E-state index in [1.54, 1.807) is 13.8 Å². The van der Waals surface area contributed by atoms with Crippen molar-refractivity contribution >= 4 is 5.78 Å². The van der Waals surface area contributed by atoms with E-state index in [-0.39, 0.29) is 23.7 Å². The topological polar surface area (TPSA) is 30.2 Å². The van der Waals surface area contributed by atoms with Crippen molar-refractivity contribution in [1.29, 1.82) is 0 Å². The Morgan fingerprint density at radius 1 is 1.20 bits per heavy atom. The van der Waals surface area contributed by atoms with Gasteiger partial charge in [0.2, 0.25) is 0 Å². The van der Waals surface area contributed by atoms with Gasteiger partial charge in [0.1, 0.15) is 5.76 Å². The highest BCUT2D eigenvalue weighted by Gasteiger charge is 2.31. The zero-order valence-corrected chi connectivity index (χ0v) is 11.0. The maximum atomic E-state index is 12.7. The van der Waals surface area contributed by atoms with Crippen LogP contribution in [0.3, 0.4) is 0 Å². The van der Waals surface area contributed by atoms with Gasteiger partial charge in [-0.05, 0) is 36.8 Å². The molecule has 2 rings (SSSR count). The maximum absolute atomic E-state index is 12.7. The lowest BCUT2D eigenvalue weighted by molar-refractivity contribution is -0.137. The van der Waals surface area contributed by atoms with Gasteiger partial charge < -0.3 is 4.42 Å². The fraction of sp³-hybridized carbons (Fsp3) is 0.267. The lowest BCUT2D eigenvalue weighted by atomic mass is 10.0. The van der Waals surface area contributed by atoms with Crippen LogP contribution in [0, 0.1) is 6.92 Å². The zero-order valence-electron chi connectivity index (χ0n) is 11.0. The van der Waals surface area contributed by atoms with E-state index in [4.69, 9.17) is 4.42 Å². The molecule has 0 saturated carbocycles. The number of hydrogen-bond acceptors (Lipinski definition) is 2. The third-order valence-corrected chi connectivity index (χ3v) is 3.03. The fourth-order valence-electron chi connectivity index (χ4n) is 1.87. The number of alkyl halides is 3. The Kier molecular flexibility index (Phi) is 3.70. The SMILES string of the molecule is CCC(=O)c1ccc(-c2cc(C(F)(F)F)ccc2C)o1. The highest BCUT2D eigenvalue weighted by atomic mass is 19.4. The molecule has 106 valence electrons. The molecule has 20 heavy (non-hydrogen) atoms. The van der Waals surface area contributed by atoms with Crippen LogP contribution in [0.15, 0.2) is 34.7 Å². The van der Waals surface area contributed by atoms with E-state index in [0.29, 0.717) is 11.1 Å². The number of rotatable bonds is 3. The molecule has 0 unspecified atom stereocenters. The summed E-state index contributed by atoms with van der Waals surface area (Å²) in [6.45, 7) is 3.39. The molecule has 0 saturated heterocycles. The number of benzene rings is 1. The molecule has 0 bridgehead atoms. The van der Waals surface area contributed by atoms with Crippen LogP contribution in [0.4, 0.5) is 13.2 Å². The molecular weight excluding hydrogens is 269 g/mol. The van der Waals surface area contributed by atoms with Gasteiger partial charge in [-0.25, -0.2) is 0 Å². The van der Waals surface area contributed by atoms with Gasteiger partial charge in [0.25, 0.3) is 0 Å². The van der Waals surface area contributed by atoms with Crippen LogP contribution in [0.1, 0.15) is 35.0 Å². The Morgan fingerprint density at radius 2 is 1.90 bits per heavy atom. The minimum atomic E-state index is -4.41. The molecule has 1 aromatic heterocycles. The normalized spacial score (nSPS) is 11.7. The summed E-state index contributed by atoms with van der Waals surface area (Å²) >= 11 is 0. The van der Waals surface area contributed by atoms with Gasteiger partial charge in [-0.3, -0.25) is 4.79 Å². The Morgan fingerprint density at radius 3 is 2.50 bits per heavy atom. The molecule has 2 aromatic rings. The summed E-state index contributed by atoms with van der Waals surface area (Å²) in [4.78, 5) is 11.5. The van der Waals surface area contributed by atoms with Crippen molar-refractivity contribution < 1.29 is 22.4 Å². The maximum Gasteiger partial charge on any atom is 0.416 e. The van der Waals surface area contributed by atoms with E-state index in [9.17, 15) is 18.0 Å². The highest BCUT2D eigenvalue weighted by Crippen LogP contribution is 2.34. The summed E-state index contributed by atoms with van der Waals surface area (Å²) in [6, 6.07) is 6.46. The van der Waals surface area contributed by atoms with Crippen molar-refractivity contribution in [1.82, 2.24) is 0 Å². The summed E-state index contributed by atoms with van der Waals surface area (Å²) in [5.41, 5.74) is 0.260. The molecule has 0 atom stereocenters. The molecule has 2 nitrogen and oxygen atoms in total. The van der Waals surface area contributed by atoms with Crippen LogP contribution in [-0.4, -0.2) is 5.78 Å². The van der Waals surface area contributed by atoms with E-state index in [1.807, 2.05) is 0 Å². The smallest absolute Gasteiger partial charge is 0.416 e. The van der Waals surface area contributed by atoms with Crippen LogP contribution in [0.5, 0.6) is 0 Å². The number of Topliss-reactive ketones (excluding diaryl/α,β-unsaturated/α-hetero) is 1. The van der Waals surface area contributed by atoms with Gasteiger partial charge >= 0.3 is 6.18 Å². The van der Waals surface area contributed by atoms with Crippen LogP contribution in [0.2, 0.25) is 0 Å². The molecule has 0 radical (unpaired) electrons. The Bertz CT molecular complexity index is 639. The number of furan rings is 1. The third-order valence-electron chi connectivity index (χ3n) is 3.03. The number of carbonyl (C=O) groups is 1. The van der Waals surface area contributed by atoms with Gasteiger partial charge in [0.15, 0.2) is 11.5 Å².